The Kier molecular flexibility index (Phi) is 5.82. The zero-order valence-electron chi connectivity index (χ0n) is 14.9. The number of likely N-dealkylation sites (N-methyl/N-ethyl adjacent to an activating group) is 1. The fraction of sp³-hybridized carbons (Fsp3) is 0.389. The van der Waals surface area contributed by atoms with E-state index in [4.69, 9.17) is 9.84 Å². The second-order valence-corrected chi connectivity index (χ2v) is 6.43. The SMILES string of the molecule is CN(CC(=O)O)CC1CN(C(=O)c2ccn(-c3ccccc3F)n2)CCO1. The predicted molar refractivity (Wildman–Crippen MR) is 94.3 cm³/mol. The molecule has 1 N–H and O–H groups in total. The largest absolute Gasteiger partial charge is 0.480 e. The maximum absolute atomic E-state index is 13.9. The number of ether oxygens (including phenoxy) is 1. The zero-order chi connectivity index (χ0) is 19.4. The number of hydrogen-bond donors (Lipinski definition) is 1. The normalized spacial score (nSPS) is 17.3. The van der Waals surface area contributed by atoms with Crippen LogP contribution in [0.2, 0.25) is 0 Å². The van der Waals surface area contributed by atoms with Crippen LogP contribution in [0.1, 0.15) is 10.5 Å². The molecule has 0 saturated carbocycles. The fourth-order valence-corrected chi connectivity index (χ4v) is 3.03. The van der Waals surface area contributed by atoms with E-state index < -0.39 is 11.8 Å². The van der Waals surface area contributed by atoms with Crippen LogP contribution in [-0.4, -0.2) is 82.5 Å². The van der Waals surface area contributed by atoms with Crippen molar-refractivity contribution in [3.8, 4) is 5.69 Å². The number of halogens is 1. The lowest BCUT2D eigenvalue weighted by Gasteiger charge is -2.34. The Labute approximate surface area is 155 Å². The average molecular weight is 376 g/mol. The first-order valence-electron chi connectivity index (χ1n) is 8.56. The molecular formula is C18H21FN4O4. The number of benzene rings is 1. The summed E-state index contributed by atoms with van der Waals surface area (Å²) in [5.41, 5.74) is 0.490. The number of para-hydroxylation sites is 1. The summed E-state index contributed by atoms with van der Waals surface area (Å²) in [6, 6.07) is 7.75. The van der Waals surface area contributed by atoms with Crippen molar-refractivity contribution in [2.24, 2.45) is 0 Å². The van der Waals surface area contributed by atoms with Gasteiger partial charge in [0.05, 0.1) is 19.3 Å². The lowest BCUT2D eigenvalue weighted by Crippen LogP contribution is -2.49. The van der Waals surface area contributed by atoms with Crippen LogP contribution in [0.15, 0.2) is 36.5 Å². The standard InChI is InChI=1S/C18H21FN4O4/c1-21(12-17(24)25)10-13-11-22(8-9-27-13)18(26)15-6-7-23(20-15)16-5-3-2-4-14(16)19/h2-7,13H,8-12H2,1H3,(H,24,25). The highest BCUT2D eigenvalue weighted by Gasteiger charge is 2.27. The van der Waals surface area contributed by atoms with Crippen molar-refractivity contribution < 1.29 is 23.8 Å². The zero-order valence-corrected chi connectivity index (χ0v) is 14.9. The van der Waals surface area contributed by atoms with E-state index in [1.807, 2.05) is 0 Å². The molecule has 1 aromatic heterocycles. The van der Waals surface area contributed by atoms with Gasteiger partial charge in [-0.2, -0.15) is 5.10 Å². The summed E-state index contributed by atoms with van der Waals surface area (Å²) in [6.45, 7) is 1.44. The van der Waals surface area contributed by atoms with Crippen LogP contribution in [-0.2, 0) is 9.53 Å². The monoisotopic (exact) mass is 376 g/mol. The third-order valence-corrected chi connectivity index (χ3v) is 4.25. The van der Waals surface area contributed by atoms with E-state index in [0.29, 0.717) is 26.2 Å². The number of aromatic nitrogens is 2. The van der Waals surface area contributed by atoms with Crippen LogP contribution >= 0.6 is 0 Å². The number of hydrogen-bond acceptors (Lipinski definition) is 5. The maximum atomic E-state index is 13.9. The molecule has 1 unspecified atom stereocenters. The van der Waals surface area contributed by atoms with Crippen LogP contribution in [0.25, 0.3) is 5.69 Å². The van der Waals surface area contributed by atoms with E-state index in [2.05, 4.69) is 5.10 Å². The molecule has 2 heterocycles. The van der Waals surface area contributed by atoms with Crippen molar-refractivity contribution in [3.05, 3.63) is 48.0 Å². The highest BCUT2D eigenvalue weighted by molar-refractivity contribution is 5.92. The smallest absolute Gasteiger partial charge is 0.317 e. The molecule has 8 nitrogen and oxygen atoms in total. The Balaban J connectivity index is 1.65. The minimum Gasteiger partial charge on any atom is -0.480 e. The molecular weight excluding hydrogens is 355 g/mol. The van der Waals surface area contributed by atoms with Crippen molar-refractivity contribution in [2.45, 2.75) is 6.10 Å². The molecule has 1 fully saturated rings. The summed E-state index contributed by atoms with van der Waals surface area (Å²) in [5, 5.41) is 13.0. The van der Waals surface area contributed by atoms with Gasteiger partial charge in [-0.15, -0.1) is 0 Å². The van der Waals surface area contributed by atoms with Gasteiger partial charge in [0.15, 0.2) is 5.69 Å². The molecule has 1 saturated heterocycles. The van der Waals surface area contributed by atoms with Crippen LogP contribution in [0.5, 0.6) is 0 Å². The van der Waals surface area contributed by atoms with Crippen molar-refractivity contribution >= 4 is 11.9 Å². The molecule has 2 aromatic rings. The van der Waals surface area contributed by atoms with Crippen molar-refractivity contribution in [2.75, 3.05) is 39.8 Å². The molecule has 1 amide bonds. The van der Waals surface area contributed by atoms with E-state index in [0.717, 1.165) is 0 Å². The highest BCUT2D eigenvalue weighted by atomic mass is 19.1. The summed E-state index contributed by atoms with van der Waals surface area (Å²) >= 11 is 0. The second kappa shape index (κ2) is 8.28. The van der Waals surface area contributed by atoms with Crippen LogP contribution in [0.4, 0.5) is 4.39 Å². The molecule has 1 aromatic carbocycles. The molecule has 1 aliphatic heterocycles. The summed E-state index contributed by atoms with van der Waals surface area (Å²) in [7, 11) is 1.69. The van der Waals surface area contributed by atoms with Gasteiger partial charge in [0.25, 0.3) is 5.91 Å². The predicted octanol–water partition coefficient (Wildman–Crippen LogP) is 0.869. The second-order valence-electron chi connectivity index (χ2n) is 6.43. The minimum atomic E-state index is -0.917. The van der Waals surface area contributed by atoms with Crippen LogP contribution in [0, 0.1) is 5.82 Å². The summed E-state index contributed by atoms with van der Waals surface area (Å²) < 4.78 is 20.9. The van der Waals surface area contributed by atoms with Gasteiger partial charge >= 0.3 is 5.97 Å². The summed E-state index contributed by atoms with van der Waals surface area (Å²) in [5.74, 6) is -1.60. The van der Waals surface area contributed by atoms with Gasteiger partial charge in [-0.05, 0) is 25.2 Å². The van der Waals surface area contributed by atoms with E-state index in [9.17, 15) is 14.0 Å². The Hall–Kier alpha value is -2.78. The maximum Gasteiger partial charge on any atom is 0.317 e. The Morgan fingerprint density at radius 1 is 1.37 bits per heavy atom. The molecule has 1 atom stereocenters. The summed E-state index contributed by atoms with van der Waals surface area (Å²) in [6.07, 6.45) is 1.27. The van der Waals surface area contributed by atoms with Crippen LogP contribution < -0.4 is 0 Å². The third kappa shape index (κ3) is 4.69. The Morgan fingerprint density at radius 2 is 2.15 bits per heavy atom. The Bertz CT molecular complexity index is 825. The van der Waals surface area contributed by atoms with Gasteiger partial charge in [0.2, 0.25) is 0 Å². The first-order valence-corrected chi connectivity index (χ1v) is 8.56. The van der Waals surface area contributed by atoms with E-state index in [1.54, 1.807) is 47.3 Å². The number of rotatable bonds is 6. The fourth-order valence-electron chi connectivity index (χ4n) is 3.03. The van der Waals surface area contributed by atoms with Crippen molar-refractivity contribution in [1.29, 1.82) is 0 Å². The van der Waals surface area contributed by atoms with Gasteiger partial charge in [-0.3, -0.25) is 14.5 Å². The molecule has 27 heavy (non-hydrogen) atoms. The number of morpholine rings is 1. The molecule has 144 valence electrons. The van der Waals surface area contributed by atoms with E-state index in [1.165, 1.54) is 10.7 Å². The van der Waals surface area contributed by atoms with E-state index in [-0.39, 0.29) is 29.9 Å². The Morgan fingerprint density at radius 3 is 2.89 bits per heavy atom. The van der Waals surface area contributed by atoms with Gasteiger partial charge in [-0.25, -0.2) is 9.07 Å². The van der Waals surface area contributed by atoms with Crippen molar-refractivity contribution in [1.82, 2.24) is 19.6 Å². The first-order chi connectivity index (χ1) is 12.9. The molecule has 0 bridgehead atoms. The number of carbonyl (C=O) groups is 2. The molecule has 3 rings (SSSR count). The van der Waals surface area contributed by atoms with Crippen molar-refractivity contribution in [3.63, 3.8) is 0 Å². The van der Waals surface area contributed by atoms with Gasteiger partial charge in [0, 0.05) is 25.8 Å². The van der Waals surface area contributed by atoms with Gasteiger partial charge in [-0.1, -0.05) is 12.1 Å². The van der Waals surface area contributed by atoms with Crippen LogP contribution in [0.3, 0.4) is 0 Å². The molecule has 0 spiro atoms. The average Bonchev–Trinajstić information content (AvgIpc) is 3.10. The van der Waals surface area contributed by atoms with Gasteiger partial charge in [0.1, 0.15) is 11.5 Å². The number of nitrogens with zero attached hydrogens (tertiary/aromatic N) is 4. The number of aliphatic carboxylic acids is 1. The molecule has 0 aliphatic carbocycles. The third-order valence-electron chi connectivity index (χ3n) is 4.25. The molecule has 9 heteroatoms. The summed E-state index contributed by atoms with van der Waals surface area (Å²) in [4.78, 5) is 26.8. The number of carboxylic acids is 1. The quantitative estimate of drug-likeness (QED) is 0.805. The molecule has 0 radical (unpaired) electrons. The van der Waals surface area contributed by atoms with E-state index >= 15 is 0 Å². The number of amides is 1. The lowest BCUT2D eigenvalue weighted by atomic mass is 10.2. The minimum absolute atomic E-state index is 0.0964. The molecule has 1 aliphatic rings. The first kappa shape index (κ1) is 19.0. The van der Waals surface area contributed by atoms with Gasteiger partial charge < -0.3 is 14.7 Å². The highest BCUT2D eigenvalue weighted by Crippen LogP contribution is 2.14. The lowest BCUT2D eigenvalue weighted by molar-refractivity contribution is -0.138. The topological polar surface area (TPSA) is 87.9 Å². The number of carboxylic acid groups (broad SMARTS) is 1. The number of carbonyl (C=O) groups excluding carboxylic acids is 1.